The fourth-order valence-corrected chi connectivity index (χ4v) is 1.89. The molecule has 0 aliphatic rings. The number of hydrogen-bond donors (Lipinski definition) is 1. The number of halogens is 1. The summed E-state index contributed by atoms with van der Waals surface area (Å²) in [7, 11) is 3.09. The van der Waals surface area contributed by atoms with E-state index in [0.717, 1.165) is 5.56 Å². The van der Waals surface area contributed by atoms with Gasteiger partial charge in [0.05, 0.1) is 20.5 Å². The Morgan fingerprint density at radius 1 is 1.22 bits per heavy atom. The summed E-state index contributed by atoms with van der Waals surface area (Å²) in [5.74, 6) is 1.18. The van der Waals surface area contributed by atoms with E-state index in [1.165, 1.54) is 7.11 Å². The first-order valence-electron chi connectivity index (χ1n) is 7.25. The van der Waals surface area contributed by atoms with Gasteiger partial charge in [-0.05, 0) is 50.5 Å². The van der Waals surface area contributed by atoms with Crippen molar-refractivity contribution in [1.82, 2.24) is 5.32 Å². The van der Waals surface area contributed by atoms with Crippen molar-refractivity contribution < 1.29 is 23.4 Å². The summed E-state index contributed by atoms with van der Waals surface area (Å²) in [6, 6.07) is 5.35. The van der Waals surface area contributed by atoms with E-state index in [1.807, 2.05) is 6.07 Å². The topological polar surface area (TPSA) is 56.8 Å². The smallest absolute Gasteiger partial charge is 0.407 e. The molecule has 1 aromatic rings. The Bertz CT molecular complexity index is 564. The molecule has 0 atom stereocenters. The molecule has 1 rings (SSSR count). The van der Waals surface area contributed by atoms with E-state index in [9.17, 15) is 9.18 Å². The molecule has 1 aromatic carbocycles. The van der Waals surface area contributed by atoms with E-state index in [-0.39, 0.29) is 6.54 Å². The average molecular weight is 325 g/mol. The third kappa shape index (κ3) is 6.59. The monoisotopic (exact) mass is 325 g/mol. The highest BCUT2D eigenvalue weighted by Gasteiger charge is 2.16. The predicted octanol–water partition coefficient (Wildman–Crippen LogP) is 3.62. The lowest BCUT2D eigenvalue weighted by Gasteiger charge is -2.20. The molecular weight excluding hydrogens is 301 g/mol. The van der Waals surface area contributed by atoms with Crippen molar-refractivity contribution in [3.63, 3.8) is 0 Å². The van der Waals surface area contributed by atoms with Gasteiger partial charge in [-0.2, -0.15) is 0 Å². The van der Waals surface area contributed by atoms with Gasteiger partial charge in [-0.25, -0.2) is 9.18 Å². The first-order valence-corrected chi connectivity index (χ1v) is 7.25. The number of alkyl carbamates (subject to hydrolysis) is 1. The van der Waals surface area contributed by atoms with Crippen LogP contribution in [0, 0.1) is 0 Å². The Morgan fingerprint density at radius 2 is 1.87 bits per heavy atom. The van der Waals surface area contributed by atoms with Gasteiger partial charge in [0, 0.05) is 6.54 Å². The lowest BCUT2D eigenvalue weighted by molar-refractivity contribution is 0.0532. The molecule has 0 radical (unpaired) electrons. The second kappa shape index (κ2) is 8.41. The molecule has 128 valence electrons. The van der Waals surface area contributed by atoms with Crippen LogP contribution in [-0.2, 0) is 11.2 Å². The number of benzene rings is 1. The van der Waals surface area contributed by atoms with Crippen LogP contribution in [-0.4, -0.2) is 32.5 Å². The Kier molecular flexibility index (Phi) is 6.88. The maximum atomic E-state index is 13.0. The van der Waals surface area contributed by atoms with Crippen molar-refractivity contribution in [2.75, 3.05) is 20.8 Å². The van der Waals surface area contributed by atoms with Gasteiger partial charge in [-0.1, -0.05) is 6.07 Å². The second-order valence-electron chi connectivity index (χ2n) is 5.99. The van der Waals surface area contributed by atoms with Crippen LogP contribution in [0.1, 0.15) is 26.3 Å². The van der Waals surface area contributed by atoms with Crippen LogP contribution >= 0.6 is 0 Å². The summed E-state index contributed by atoms with van der Waals surface area (Å²) in [5.41, 5.74) is 0.674. The highest BCUT2D eigenvalue weighted by molar-refractivity contribution is 5.68. The van der Waals surface area contributed by atoms with Crippen molar-refractivity contribution in [2.45, 2.75) is 32.8 Å². The lowest BCUT2D eigenvalue weighted by atomic mass is 10.1. The molecule has 6 heteroatoms. The number of hydrogen-bond acceptors (Lipinski definition) is 4. The molecule has 23 heavy (non-hydrogen) atoms. The van der Waals surface area contributed by atoms with E-state index in [2.05, 4.69) is 5.32 Å². The van der Waals surface area contributed by atoms with E-state index < -0.39 is 11.7 Å². The lowest BCUT2D eigenvalue weighted by Crippen LogP contribution is -2.33. The minimum absolute atomic E-state index is 0.0692. The average Bonchev–Trinajstić information content (AvgIpc) is 2.49. The number of nitrogens with one attached hydrogen (secondary N) is 1. The maximum Gasteiger partial charge on any atom is 0.407 e. The minimum atomic E-state index is -0.590. The Morgan fingerprint density at radius 3 is 2.39 bits per heavy atom. The molecule has 5 nitrogen and oxygen atoms in total. The normalized spacial score (nSPS) is 11.8. The number of methoxy groups -OCH3 is 2. The standard InChI is InChI=1S/C17H24FNO4/c1-17(2,3)23-16(20)19-11-13(10-18)8-12-6-7-14(21-4)15(9-12)22-5/h6-7,9-10H,8,11H2,1-5H3,(H,19,20). The molecule has 0 aliphatic carbocycles. The third-order valence-electron chi connectivity index (χ3n) is 2.89. The van der Waals surface area contributed by atoms with Crippen LogP contribution < -0.4 is 14.8 Å². The van der Waals surface area contributed by atoms with Crippen molar-refractivity contribution in [3.8, 4) is 11.5 Å². The van der Waals surface area contributed by atoms with E-state index in [0.29, 0.717) is 29.8 Å². The summed E-state index contributed by atoms with van der Waals surface area (Å²) in [6.45, 7) is 5.37. The van der Waals surface area contributed by atoms with E-state index in [4.69, 9.17) is 14.2 Å². The summed E-state index contributed by atoms with van der Waals surface area (Å²) in [5, 5.41) is 2.54. The van der Waals surface area contributed by atoms with Crippen LogP contribution in [0.5, 0.6) is 11.5 Å². The summed E-state index contributed by atoms with van der Waals surface area (Å²) in [4.78, 5) is 11.6. The van der Waals surface area contributed by atoms with Gasteiger partial charge < -0.3 is 19.5 Å². The SMILES string of the molecule is COc1ccc(CC(=CF)CNC(=O)OC(C)(C)C)cc1OC. The van der Waals surface area contributed by atoms with Gasteiger partial charge in [0.1, 0.15) is 5.60 Å². The van der Waals surface area contributed by atoms with Crippen molar-refractivity contribution >= 4 is 6.09 Å². The maximum absolute atomic E-state index is 13.0. The zero-order chi connectivity index (χ0) is 17.5. The third-order valence-corrected chi connectivity index (χ3v) is 2.89. The molecule has 1 N–H and O–H groups in total. The predicted molar refractivity (Wildman–Crippen MR) is 86.7 cm³/mol. The fourth-order valence-electron chi connectivity index (χ4n) is 1.89. The molecule has 0 aromatic heterocycles. The second-order valence-corrected chi connectivity index (χ2v) is 5.99. The number of carbonyl (C=O) groups is 1. The first-order chi connectivity index (χ1) is 10.8. The summed E-state index contributed by atoms with van der Waals surface area (Å²) in [6.07, 6.45) is 0.255. The molecule has 0 spiro atoms. The summed E-state index contributed by atoms with van der Waals surface area (Å²) >= 11 is 0. The molecule has 1 amide bonds. The van der Waals surface area contributed by atoms with Crippen LogP contribution in [0.25, 0.3) is 0 Å². The van der Waals surface area contributed by atoms with E-state index >= 15 is 0 Å². The zero-order valence-corrected chi connectivity index (χ0v) is 14.2. The van der Waals surface area contributed by atoms with Gasteiger partial charge in [0.25, 0.3) is 0 Å². The largest absolute Gasteiger partial charge is 0.493 e. The van der Waals surface area contributed by atoms with Crippen molar-refractivity contribution in [3.05, 3.63) is 35.7 Å². The molecule has 0 aliphatic heterocycles. The highest BCUT2D eigenvalue weighted by atomic mass is 19.1. The Hall–Kier alpha value is -2.24. The van der Waals surface area contributed by atoms with Gasteiger partial charge in [0.15, 0.2) is 11.5 Å². The minimum Gasteiger partial charge on any atom is -0.493 e. The highest BCUT2D eigenvalue weighted by Crippen LogP contribution is 2.28. The van der Waals surface area contributed by atoms with Crippen molar-refractivity contribution in [1.29, 1.82) is 0 Å². The molecule has 0 fully saturated rings. The number of amides is 1. The fraction of sp³-hybridized carbons (Fsp3) is 0.471. The Labute approximate surface area is 136 Å². The number of ether oxygens (including phenoxy) is 3. The zero-order valence-electron chi connectivity index (χ0n) is 14.2. The van der Waals surface area contributed by atoms with Crippen LogP contribution in [0.2, 0.25) is 0 Å². The van der Waals surface area contributed by atoms with Gasteiger partial charge >= 0.3 is 6.09 Å². The summed E-state index contributed by atoms with van der Waals surface area (Å²) < 4.78 is 28.5. The molecule has 0 bridgehead atoms. The van der Waals surface area contributed by atoms with Gasteiger partial charge in [-0.3, -0.25) is 0 Å². The van der Waals surface area contributed by atoms with Crippen LogP contribution in [0.3, 0.4) is 0 Å². The molecule has 0 saturated heterocycles. The van der Waals surface area contributed by atoms with Crippen LogP contribution in [0.15, 0.2) is 30.1 Å². The van der Waals surface area contributed by atoms with Gasteiger partial charge in [0.2, 0.25) is 0 Å². The number of carbonyl (C=O) groups excluding carboxylic acids is 1. The quantitative estimate of drug-likeness (QED) is 0.868. The molecular formula is C17H24FNO4. The molecule has 0 saturated carbocycles. The first kappa shape index (κ1) is 18.8. The van der Waals surface area contributed by atoms with E-state index in [1.54, 1.807) is 40.0 Å². The van der Waals surface area contributed by atoms with Gasteiger partial charge in [-0.15, -0.1) is 0 Å². The van der Waals surface area contributed by atoms with Crippen LogP contribution in [0.4, 0.5) is 9.18 Å². The molecule has 0 heterocycles. The Balaban J connectivity index is 2.65. The van der Waals surface area contributed by atoms with Crippen molar-refractivity contribution in [2.24, 2.45) is 0 Å². The molecule has 0 unspecified atom stereocenters. The number of rotatable bonds is 6.